The molecule has 0 bridgehead atoms. The average Bonchev–Trinajstić information content (AvgIpc) is 2.74. The molecule has 0 fully saturated rings. The van der Waals surface area contributed by atoms with Crippen LogP contribution in [0.5, 0.6) is 0 Å². The van der Waals surface area contributed by atoms with E-state index in [1.54, 1.807) is 48.5 Å². The summed E-state index contributed by atoms with van der Waals surface area (Å²) >= 11 is 0. The van der Waals surface area contributed by atoms with E-state index < -0.39 is 24.0 Å². The van der Waals surface area contributed by atoms with E-state index in [9.17, 15) is 19.8 Å². The maximum absolute atomic E-state index is 11.4. The van der Waals surface area contributed by atoms with Gasteiger partial charge in [-0.2, -0.15) is 0 Å². The van der Waals surface area contributed by atoms with Gasteiger partial charge >= 0.3 is 11.9 Å². The topological polar surface area (TPSA) is 139 Å². The minimum atomic E-state index is -0.973. The molecule has 0 radical (unpaired) electrons. The van der Waals surface area contributed by atoms with E-state index in [4.69, 9.17) is 10.2 Å². The minimum Gasteiger partial charge on any atom is -0.480 e. The Morgan fingerprint density at radius 3 is 1.21 bits per heavy atom. The first-order valence-electron chi connectivity index (χ1n) is 8.51. The summed E-state index contributed by atoms with van der Waals surface area (Å²) in [6, 6.07) is 16.1. The maximum atomic E-state index is 11.4. The fourth-order valence-corrected chi connectivity index (χ4v) is 2.42. The molecule has 2 rings (SSSR count). The normalized spacial score (nSPS) is 11.7. The molecule has 0 aliphatic carbocycles. The summed E-state index contributed by atoms with van der Waals surface area (Å²) in [5.74, 6) is -1.95. The smallest absolute Gasteiger partial charge is 0.325 e. The van der Waals surface area contributed by atoms with Gasteiger partial charge in [-0.15, -0.1) is 0 Å². The average molecular weight is 392 g/mol. The van der Waals surface area contributed by atoms with Gasteiger partial charge in [0.05, 0.1) is 0 Å². The van der Waals surface area contributed by atoms with Crippen LogP contribution >= 0.6 is 0 Å². The summed E-state index contributed by atoms with van der Waals surface area (Å²) < 4.78 is 0. The summed E-state index contributed by atoms with van der Waals surface area (Å²) in [4.78, 5) is 22.8. The zero-order valence-electron chi connectivity index (χ0n) is 15.9. The quantitative estimate of drug-likeness (QED) is 0.348. The molecule has 0 amide bonds. The van der Waals surface area contributed by atoms with E-state index in [2.05, 4.69) is 10.6 Å². The molecule has 0 spiro atoms. The summed E-state index contributed by atoms with van der Waals surface area (Å²) in [6.07, 6.45) is 0. The van der Waals surface area contributed by atoms with E-state index in [-0.39, 0.29) is 0 Å². The molecule has 28 heavy (non-hydrogen) atoms. The molecule has 2 aromatic rings. The molecule has 0 saturated heterocycles. The highest BCUT2D eigenvalue weighted by Crippen LogP contribution is 2.13. The Morgan fingerprint density at radius 2 is 0.964 bits per heavy atom. The lowest BCUT2D eigenvalue weighted by Gasteiger charge is -2.18. The van der Waals surface area contributed by atoms with Crippen LogP contribution in [0.2, 0.25) is 0 Å². The van der Waals surface area contributed by atoms with Crippen LogP contribution in [0.15, 0.2) is 60.7 Å². The number of hydrogen-bond acceptors (Lipinski definition) is 6. The number of carboxylic acid groups (broad SMARTS) is 2. The lowest BCUT2D eigenvalue weighted by Crippen LogP contribution is -2.37. The van der Waals surface area contributed by atoms with Gasteiger partial charge in [-0.1, -0.05) is 60.7 Å². The molecule has 154 valence electrons. The molecule has 8 heteroatoms. The van der Waals surface area contributed by atoms with Gasteiger partial charge < -0.3 is 20.4 Å². The number of aliphatic hydroxyl groups excluding tert-OH is 2. The molecule has 0 saturated carbocycles. The van der Waals surface area contributed by atoms with Crippen molar-refractivity contribution in [2.24, 2.45) is 0 Å². The number of carboxylic acids is 2. The molecular weight excluding hydrogens is 364 g/mol. The third kappa shape index (κ3) is 8.74. The molecule has 2 unspecified atom stereocenters. The van der Waals surface area contributed by atoms with Crippen molar-refractivity contribution >= 4 is 11.9 Å². The second kappa shape index (κ2) is 15.3. The van der Waals surface area contributed by atoms with Crippen molar-refractivity contribution in [1.29, 1.82) is 0 Å². The van der Waals surface area contributed by atoms with Crippen LogP contribution in [-0.2, 0) is 9.59 Å². The van der Waals surface area contributed by atoms with Crippen LogP contribution in [0.1, 0.15) is 23.2 Å². The zero-order chi connectivity index (χ0) is 21.4. The first kappa shape index (κ1) is 25.2. The number of nitrogens with one attached hydrogen (secondary N) is 2. The monoisotopic (exact) mass is 392 g/mol. The number of carbonyl (C=O) groups is 2. The van der Waals surface area contributed by atoms with Crippen molar-refractivity contribution in [3.8, 4) is 0 Å². The van der Waals surface area contributed by atoms with Crippen molar-refractivity contribution in [1.82, 2.24) is 10.6 Å². The van der Waals surface area contributed by atoms with Crippen molar-refractivity contribution in [2.45, 2.75) is 12.1 Å². The van der Waals surface area contributed by atoms with Gasteiger partial charge in [0.15, 0.2) is 0 Å². The molecular formula is C20H28N2O6. The highest BCUT2D eigenvalue weighted by Gasteiger charge is 2.20. The molecule has 0 aliphatic heterocycles. The summed E-state index contributed by atoms with van der Waals surface area (Å²) in [6.45, 7) is 0.644. The van der Waals surface area contributed by atoms with E-state index in [1.807, 2.05) is 12.1 Å². The van der Waals surface area contributed by atoms with E-state index in [1.165, 1.54) is 0 Å². The van der Waals surface area contributed by atoms with Crippen LogP contribution in [0.25, 0.3) is 0 Å². The van der Waals surface area contributed by atoms with E-state index in [0.717, 1.165) is 14.2 Å². The molecule has 2 aromatic carbocycles. The minimum absolute atomic E-state index is 0.322. The van der Waals surface area contributed by atoms with Crippen molar-refractivity contribution in [3.05, 3.63) is 71.8 Å². The Morgan fingerprint density at radius 1 is 0.679 bits per heavy atom. The maximum Gasteiger partial charge on any atom is 0.325 e. The van der Waals surface area contributed by atoms with Gasteiger partial charge in [-0.3, -0.25) is 20.2 Å². The highest BCUT2D eigenvalue weighted by atomic mass is 16.4. The molecule has 0 aliphatic rings. The third-order valence-electron chi connectivity index (χ3n) is 3.58. The lowest BCUT2D eigenvalue weighted by atomic mass is 10.1. The number of aliphatic hydroxyl groups is 2. The summed E-state index contributed by atoms with van der Waals surface area (Å²) in [5, 5.41) is 38.5. The van der Waals surface area contributed by atoms with E-state index >= 15 is 0 Å². The van der Waals surface area contributed by atoms with E-state index in [0.29, 0.717) is 24.2 Å². The second-order valence-electron chi connectivity index (χ2n) is 5.27. The summed E-state index contributed by atoms with van der Waals surface area (Å²) in [7, 11) is 2.00. The predicted molar refractivity (Wildman–Crippen MR) is 106 cm³/mol. The van der Waals surface area contributed by atoms with Crippen LogP contribution < -0.4 is 10.6 Å². The molecule has 0 heterocycles. The first-order valence-corrected chi connectivity index (χ1v) is 8.51. The first-order chi connectivity index (χ1) is 13.6. The molecule has 8 nitrogen and oxygen atoms in total. The fraction of sp³-hybridized carbons (Fsp3) is 0.300. The van der Waals surface area contributed by atoms with Crippen LogP contribution in [-0.4, -0.2) is 59.7 Å². The van der Waals surface area contributed by atoms with Gasteiger partial charge in [0.1, 0.15) is 12.1 Å². The number of aliphatic carboxylic acids is 2. The number of benzene rings is 2. The van der Waals surface area contributed by atoms with Gasteiger partial charge in [0.2, 0.25) is 0 Å². The second-order valence-corrected chi connectivity index (χ2v) is 5.27. The Hall–Kier alpha value is -2.78. The Bertz CT molecular complexity index is 607. The van der Waals surface area contributed by atoms with Gasteiger partial charge in [0.25, 0.3) is 0 Å². The van der Waals surface area contributed by atoms with Crippen molar-refractivity contribution in [2.75, 3.05) is 27.3 Å². The molecule has 2 atom stereocenters. The van der Waals surface area contributed by atoms with Crippen LogP contribution in [0.4, 0.5) is 0 Å². The Labute approximate surface area is 164 Å². The summed E-state index contributed by atoms with van der Waals surface area (Å²) in [5.41, 5.74) is 1.31. The Balaban J connectivity index is 0.00000171. The zero-order valence-corrected chi connectivity index (χ0v) is 15.9. The molecule has 0 aromatic heterocycles. The predicted octanol–water partition coefficient (Wildman–Crippen LogP) is 1.03. The van der Waals surface area contributed by atoms with Gasteiger partial charge in [-0.05, 0) is 11.1 Å². The molecule has 6 N–H and O–H groups in total. The van der Waals surface area contributed by atoms with Crippen LogP contribution in [0, 0.1) is 0 Å². The number of hydrogen-bond donors (Lipinski definition) is 6. The van der Waals surface area contributed by atoms with Gasteiger partial charge in [-0.25, -0.2) is 0 Å². The van der Waals surface area contributed by atoms with Crippen LogP contribution in [0.3, 0.4) is 0 Å². The number of rotatable bonds is 9. The largest absolute Gasteiger partial charge is 0.480 e. The standard InChI is InChI=1S/C18H20N2O4.2CH4O/c21-17(22)15(13-7-3-1-4-8-13)19-11-12-20-16(18(23)24)14-9-5-2-6-10-14;2*1-2/h1-10,15-16,19-20H,11-12H2,(H,21,22)(H,23,24);2*2H,1H3. The van der Waals surface area contributed by atoms with Crippen molar-refractivity contribution in [3.63, 3.8) is 0 Å². The highest BCUT2D eigenvalue weighted by molar-refractivity contribution is 5.76. The Kier molecular flexibility index (Phi) is 13.8. The lowest BCUT2D eigenvalue weighted by molar-refractivity contribution is -0.141. The fourth-order valence-electron chi connectivity index (χ4n) is 2.42. The van der Waals surface area contributed by atoms with Crippen molar-refractivity contribution < 1.29 is 30.0 Å². The van der Waals surface area contributed by atoms with Gasteiger partial charge in [0, 0.05) is 27.3 Å². The SMILES string of the molecule is CO.CO.O=C(O)C(NCCNC(C(=O)O)c1ccccc1)c1ccccc1. The third-order valence-corrected chi connectivity index (χ3v) is 3.58.